The van der Waals surface area contributed by atoms with Gasteiger partial charge in [-0.15, -0.1) is 0 Å². The van der Waals surface area contributed by atoms with Crippen molar-refractivity contribution in [3.05, 3.63) is 0 Å². The van der Waals surface area contributed by atoms with Gasteiger partial charge in [0, 0.05) is 6.61 Å². The Morgan fingerprint density at radius 3 is 3.08 bits per heavy atom. The molecule has 1 fully saturated rings. The van der Waals surface area contributed by atoms with Gasteiger partial charge in [0.15, 0.2) is 0 Å². The molecule has 13 heavy (non-hydrogen) atoms. The first-order valence-electron chi connectivity index (χ1n) is 4.51. The third-order valence-corrected chi connectivity index (χ3v) is 2.05. The molecule has 5 nitrogen and oxygen atoms in total. The van der Waals surface area contributed by atoms with E-state index in [0.717, 1.165) is 12.8 Å². The van der Waals surface area contributed by atoms with Crippen LogP contribution in [0.1, 0.15) is 19.8 Å². The zero-order valence-electron chi connectivity index (χ0n) is 7.79. The lowest BCUT2D eigenvalue weighted by Crippen LogP contribution is -2.39. The monoisotopic (exact) mass is 188 g/mol. The van der Waals surface area contributed by atoms with Gasteiger partial charge in [-0.3, -0.25) is 10.2 Å². The number of hydrazine groups is 1. The van der Waals surface area contributed by atoms with Gasteiger partial charge in [-0.05, 0) is 19.8 Å². The average Bonchev–Trinajstić information content (AvgIpc) is 2.62. The van der Waals surface area contributed by atoms with E-state index < -0.39 is 6.10 Å². The van der Waals surface area contributed by atoms with E-state index in [9.17, 15) is 4.79 Å². The summed E-state index contributed by atoms with van der Waals surface area (Å²) in [7, 11) is 0. The summed E-state index contributed by atoms with van der Waals surface area (Å²) in [6.07, 6.45) is 1.23. The molecular formula is C8H16N2O3. The van der Waals surface area contributed by atoms with Crippen molar-refractivity contribution in [3.8, 4) is 0 Å². The molecule has 76 valence electrons. The molecule has 2 unspecified atom stereocenters. The second kappa shape index (κ2) is 5.16. The van der Waals surface area contributed by atoms with Crippen LogP contribution in [0.15, 0.2) is 0 Å². The third kappa shape index (κ3) is 2.95. The number of rotatable bonds is 4. The fourth-order valence-electron chi connectivity index (χ4n) is 1.36. The SMILES string of the molecule is CCOCC1CCC(C(=O)NN)O1. The van der Waals surface area contributed by atoms with E-state index in [1.807, 2.05) is 6.92 Å². The largest absolute Gasteiger partial charge is 0.379 e. The minimum absolute atomic E-state index is 0.0437. The van der Waals surface area contributed by atoms with Crippen molar-refractivity contribution in [1.29, 1.82) is 0 Å². The normalized spacial score (nSPS) is 27.5. The molecule has 1 aliphatic heterocycles. The number of carbonyl (C=O) groups is 1. The Morgan fingerprint density at radius 1 is 1.69 bits per heavy atom. The predicted octanol–water partition coefficient (Wildman–Crippen LogP) is -0.440. The fourth-order valence-corrected chi connectivity index (χ4v) is 1.36. The van der Waals surface area contributed by atoms with E-state index in [1.165, 1.54) is 0 Å². The molecule has 0 aromatic carbocycles. The Morgan fingerprint density at radius 2 is 2.46 bits per heavy atom. The number of ether oxygens (including phenoxy) is 2. The lowest BCUT2D eigenvalue weighted by molar-refractivity contribution is -0.133. The van der Waals surface area contributed by atoms with Crippen LogP contribution >= 0.6 is 0 Å². The van der Waals surface area contributed by atoms with Gasteiger partial charge in [0.1, 0.15) is 6.10 Å². The van der Waals surface area contributed by atoms with Crippen LogP contribution < -0.4 is 11.3 Å². The van der Waals surface area contributed by atoms with Crippen LogP contribution in [0, 0.1) is 0 Å². The van der Waals surface area contributed by atoms with Crippen molar-refractivity contribution < 1.29 is 14.3 Å². The number of hydrogen-bond donors (Lipinski definition) is 2. The summed E-state index contributed by atoms with van der Waals surface area (Å²) in [5.41, 5.74) is 2.08. The van der Waals surface area contributed by atoms with Gasteiger partial charge < -0.3 is 9.47 Å². The maximum Gasteiger partial charge on any atom is 0.263 e. The molecule has 1 heterocycles. The van der Waals surface area contributed by atoms with Gasteiger partial charge in [0.05, 0.1) is 12.7 Å². The van der Waals surface area contributed by atoms with Crippen LogP contribution in [0.2, 0.25) is 0 Å². The molecule has 1 rings (SSSR count). The van der Waals surface area contributed by atoms with E-state index in [0.29, 0.717) is 13.2 Å². The van der Waals surface area contributed by atoms with Crippen LogP contribution in [0.5, 0.6) is 0 Å². The third-order valence-electron chi connectivity index (χ3n) is 2.05. The highest BCUT2D eigenvalue weighted by Crippen LogP contribution is 2.19. The first-order chi connectivity index (χ1) is 6.27. The molecule has 0 bridgehead atoms. The Balaban J connectivity index is 2.23. The van der Waals surface area contributed by atoms with Gasteiger partial charge in [0.2, 0.25) is 0 Å². The van der Waals surface area contributed by atoms with Crippen LogP contribution in [0.25, 0.3) is 0 Å². The molecule has 2 atom stereocenters. The molecule has 0 aromatic rings. The summed E-state index contributed by atoms with van der Waals surface area (Å²) < 4.78 is 10.6. The summed E-state index contributed by atoms with van der Waals surface area (Å²) in [6.45, 7) is 3.16. The van der Waals surface area contributed by atoms with Crippen molar-refractivity contribution in [1.82, 2.24) is 5.43 Å². The number of carbonyl (C=O) groups excluding carboxylic acids is 1. The Bertz CT molecular complexity index is 175. The van der Waals surface area contributed by atoms with E-state index in [1.54, 1.807) is 0 Å². The number of nitrogens with two attached hydrogens (primary N) is 1. The van der Waals surface area contributed by atoms with E-state index >= 15 is 0 Å². The van der Waals surface area contributed by atoms with Gasteiger partial charge in [0.25, 0.3) is 5.91 Å². The van der Waals surface area contributed by atoms with Crippen LogP contribution in [0.3, 0.4) is 0 Å². The van der Waals surface area contributed by atoms with Crippen molar-refractivity contribution in [2.75, 3.05) is 13.2 Å². The molecule has 0 saturated carbocycles. The maximum absolute atomic E-state index is 11.0. The quantitative estimate of drug-likeness (QED) is 0.356. The summed E-state index contributed by atoms with van der Waals surface area (Å²) in [6, 6.07) is 0. The van der Waals surface area contributed by atoms with Crippen LogP contribution in [-0.2, 0) is 14.3 Å². The van der Waals surface area contributed by atoms with Crippen molar-refractivity contribution in [3.63, 3.8) is 0 Å². The second-order valence-corrected chi connectivity index (χ2v) is 2.99. The highest BCUT2D eigenvalue weighted by atomic mass is 16.5. The Hall–Kier alpha value is -0.650. The fraction of sp³-hybridized carbons (Fsp3) is 0.875. The van der Waals surface area contributed by atoms with Crippen LogP contribution in [0.4, 0.5) is 0 Å². The Labute approximate surface area is 77.5 Å². The smallest absolute Gasteiger partial charge is 0.263 e. The minimum atomic E-state index is -0.393. The first-order valence-corrected chi connectivity index (χ1v) is 4.51. The molecule has 0 aromatic heterocycles. The number of nitrogens with one attached hydrogen (secondary N) is 1. The van der Waals surface area contributed by atoms with Crippen molar-refractivity contribution in [2.24, 2.45) is 5.84 Å². The van der Waals surface area contributed by atoms with E-state index in [2.05, 4.69) is 5.43 Å². The molecule has 3 N–H and O–H groups in total. The first kappa shape index (κ1) is 10.4. The summed E-state index contributed by atoms with van der Waals surface area (Å²) in [5, 5.41) is 0. The minimum Gasteiger partial charge on any atom is -0.379 e. The van der Waals surface area contributed by atoms with Gasteiger partial charge in [-0.1, -0.05) is 0 Å². The maximum atomic E-state index is 11.0. The van der Waals surface area contributed by atoms with Gasteiger partial charge in [-0.2, -0.15) is 0 Å². The molecule has 1 saturated heterocycles. The van der Waals surface area contributed by atoms with Crippen molar-refractivity contribution >= 4 is 5.91 Å². The van der Waals surface area contributed by atoms with Gasteiger partial charge >= 0.3 is 0 Å². The summed E-state index contributed by atoms with van der Waals surface area (Å²) in [4.78, 5) is 11.0. The predicted molar refractivity (Wildman–Crippen MR) is 46.7 cm³/mol. The molecule has 0 aliphatic carbocycles. The standard InChI is InChI=1S/C8H16N2O3/c1-2-12-5-6-3-4-7(13-6)8(11)10-9/h6-7H,2-5,9H2,1H3,(H,10,11). The molecule has 5 heteroatoms. The number of hydrogen-bond acceptors (Lipinski definition) is 4. The molecule has 0 spiro atoms. The lowest BCUT2D eigenvalue weighted by atomic mass is 10.2. The van der Waals surface area contributed by atoms with E-state index in [4.69, 9.17) is 15.3 Å². The van der Waals surface area contributed by atoms with Crippen molar-refractivity contribution in [2.45, 2.75) is 32.0 Å². The van der Waals surface area contributed by atoms with Crippen LogP contribution in [-0.4, -0.2) is 31.3 Å². The number of amides is 1. The van der Waals surface area contributed by atoms with Gasteiger partial charge in [-0.25, -0.2) is 5.84 Å². The topological polar surface area (TPSA) is 73.6 Å². The second-order valence-electron chi connectivity index (χ2n) is 2.99. The average molecular weight is 188 g/mol. The summed E-state index contributed by atoms with van der Waals surface area (Å²) >= 11 is 0. The molecule has 0 radical (unpaired) electrons. The van der Waals surface area contributed by atoms with E-state index in [-0.39, 0.29) is 12.0 Å². The summed E-state index contributed by atoms with van der Waals surface area (Å²) in [5.74, 6) is 4.74. The highest BCUT2D eigenvalue weighted by molar-refractivity contribution is 5.80. The highest BCUT2D eigenvalue weighted by Gasteiger charge is 2.29. The lowest BCUT2D eigenvalue weighted by Gasteiger charge is -2.11. The zero-order valence-corrected chi connectivity index (χ0v) is 7.79. The zero-order chi connectivity index (χ0) is 9.68. The molecule has 1 amide bonds. The molecule has 1 aliphatic rings. The Kier molecular flexibility index (Phi) is 4.14. The molecular weight excluding hydrogens is 172 g/mol.